The van der Waals surface area contributed by atoms with Crippen LogP contribution in [0.1, 0.15) is 23.6 Å². The van der Waals surface area contributed by atoms with Gasteiger partial charge >= 0.3 is 36.8 Å². The minimum atomic E-state index is -1.08. The molecular formula is C26H29O2PPd. The summed E-state index contributed by atoms with van der Waals surface area (Å²) in [6.07, 6.45) is 1.81. The van der Waals surface area contributed by atoms with Crippen molar-refractivity contribution in [2.24, 2.45) is 0 Å². The Balaban J connectivity index is 0.000000485. The monoisotopic (exact) mass is 510 g/mol. The molecule has 0 amide bonds. The van der Waals surface area contributed by atoms with Gasteiger partial charge in [-0.05, 0) is 68.2 Å². The predicted molar refractivity (Wildman–Crippen MR) is 125 cm³/mol. The van der Waals surface area contributed by atoms with Gasteiger partial charge in [-0.2, -0.15) is 0 Å². The summed E-state index contributed by atoms with van der Waals surface area (Å²) in [5.41, 5.74) is 4.13. The Bertz CT molecular complexity index is 841. The second-order valence-electron chi connectivity index (χ2n) is 6.60. The number of aliphatic carboxylic acids is 1. The van der Waals surface area contributed by atoms with E-state index in [2.05, 4.69) is 119 Å². The number of carbonyl (C=O) groups excluding carboxylic acids is 1. The molecule has 0 unspecified atom stereocenters. The van der Waals surface area contributed by atoms with Crippen molar-refractivity contribution < 1.29 is 29.1 Å². The summed E-state index contributed by atoms with van der Waals surface area (Å²) < 4.78 is 0. The third-order valence-corrected chi connectivity index (χ3v) is 7.56. The van der Waals surface area contributed by atoms with Crippen molar-refractivity contribution >= 4 is 29.8 Å². The first-order chi connectivity index (χ1) is 14.3. The maximum absolute atomic E-state index is 8.89. The number of rotatable bonds is 4. The van der Waals surface area contributed by atoms with E-state index in [9.17, 15) is 0 Å². The van der Waals surface area contributed by atoms with Gasteiger partial charge in [0.15, 0.2) is 0 Å². The quantitative estimate of drug-likeness (QED) is 0.299. The first kappa shape index (κ1) is 26.0. The average Bonchev–Trinajstić information content (AvgIpc) is 2.72. The van der Waals surface area contributed by atoms with Gasteiger partial charge in [0.2, 0.25) is 0 Å². The molecule has 0 aromatic heterocycles. The maximum Gasteiger partial charge on any atom is 0.0383 e. The normalized spacial score (nSPS) is 9.70. The van der Waals surface area contributed by atoms with E-state index in [1.165, 1.54) is 32.6 Å². The van der Waals surface area contributed by atoms with E-state index in [0.29, 0.717) is 0 Å². The van der Waals surface area contributed by atoms with Gasteiger partial charge in [-0.1, -0.05) is 72.8 Å². The van der Waals surface area contributed by atoms with Gasteiger partial charge in [-0.3, -0.25) is 0 Å². The SMILES string of the molecule is C=C[CH2][Pd+].CC(=O)[O-].Cc1ccccc1P(c1ccccc1C)c1ccccc1C. The first-order valence-electron chi connectivity index (χ1n) is 9.60. The minimum Gasteiger partial charge on any atom is -0.550 e. The van der Waals surface area contributed by atoms with Crippen LogP contribution < -0.4 is 21.0 Å². The van der Waals surface area contributed by atoms with E-state index in [1.54, 1.807) is 0 Å². The van der Waals surface area contributed by atoms with E-state index in [-0.39, 0.29) is 0 Å². The summed E-state index contributed by atoms with van der Waals surface area (Å²) in [7, 11) is -0.508. The summed E-state index contributed by atoms with van der Waals surface area (Å²) >= 11 is 2.92. The molecule has 0 heterocycles. The summed E-state index contributed by atoms with van der Waals surface area (Å²) in [6, 6.07) is 26.4. The molecule has 0 aliphatic carbocycles. The van der Waals surface area contributed by atoms with Crippen LogP contribution in [0.2, 0.25) is 4.89 Å². The molecule has 0 atom stereocenters. The van der Waals surface area contributed by atoms with Gasteiger partial charge in [0.05, 0.1) is 0 Å². The van der Waals surface area contributed by atoms with Gasteiger partial charge in [0.1, 0.15) is 0 Å². The molecule has 0 saturated heterocycles. The molecule has 0 spiro atoms. The molecule has 4 heteroatoms. The number of aryl methyl sites for hydroxylation is 3. The van der Waals surface area contributed by atoms with Crippen molar-refractivity contribution in [3.63, 3.8) is 0 Å². The van der Waals surface area contributed by atoms with Crippen LogP contribution in [-0.4, -0.2) is 5.97 Å². The van der Waals surface area contributed by atoms with Crippen molar-refractivity contribution in [1.82, 2.24) is 0 Å². The molecule has 0 bridgehead atoms. The number of carboxylic acids is 1. The standard InChI is InChI=1S/C21H21P.C3H5.C2H4O2.Pd/c1-16-10-4-7-13-19(16)22(20-14-8-5-11-17(20)2)21-15-9-6-12-18(21)3;1-3-2;1-2(3)4;/h4-15H,1-3H3;3H,1-2H2;1H3,(H,3,4);/q;;;+1/p-1. The number of carbonyl (C=O) groups is 1. The van der Waals surface area contributed by atoms with Crippen molar-refractivity contribution in [3.8, 4) is 0 Å². The fraction of sp³-hybridized carbons (Fsp3) is 0.192. The number of benzene rings is 3. The van der Waals surface area contributed by atoms with Crippen molar-refractivity contribution in [2.45, 2.75) is 32.6 Å². The Labute approximate surface area is 193 Å². The van der Waals surface area contributed by atoms with Crippen molar-refractivity contribution in [1.29, 1.82) is 0 Å². The van der Waals surface area contributed by atoms with E-state index in [1.807, 2.05) is 6.08 Å². The zero-order valence-electron chi connectivity index (χ0n) is 18.0. The molecule has 0 fully saturated rings. The van der Waals surface area contributed by atoms with Gasteiger partial charge in [-0.25, -0.2) is 0 Å². The molecule has 2 nitrogen and oxygen atoms in total. The number of hydrogen-bond donors (Lipinski definition) is 0. The maximum atomic E-state index is 8.89. The van der Waals surface area contributed by atoms with Crippen LogP contribution in [0.5, 0.6) is 0 Å². The van der Waals surface area contributed by atoms with Crippen LogP contribution in [0, 0.1) is 20.8 Å². The fourth-order valence-corrected chi connectivity index (χ4v) is 5.60. The van der Waals surface area contributed by atoms with Crippen molar-refractivity contribution in [3.05, 3.63) is 102 Å². The third-order valence-electron chi connectivity index (χ3n) is 4.16. The zero-order chi connectivity index (χ0) is 22.5. The largest absolute Gasteiger partial charge is 0.550 e. The number of allylic oxidation sites excluding steroid dienone is 1. The second kappa shape index (κ2) is 14.1. The molecule has 0 aliphatic rings. The average molecular weight is 511 g/mol. The van der Waals surface area contributed by atoms with Crippen LogP contribution in [0.3, 0.4) is 0 Å². The van der Waals surface area contributed by atoms with E-state index in [4.69, 9.17) is 9.90 Å². The van der Waals surface area contributed by atoms with Gasteiger partial charge in [0, 0.05) is 5.97 Å². The van der Waals surface area contributed by atoms with Crippen LogP contribution >= 0.6 is 7.92 Å². The van der Waals surface area contributed by atoms with Crippen LogP contribution in [0.4, 0.5) is 0 Å². The molecule has 30 heavy (non-hydrogen) atoms. The first-order valence-corrected chi connectivity index (χ1v) is 12.0. The van der Waals surface area contributed by atoms with Crippen molar-refractivity contribution in [2.75, 3.05) is 0 Å². The molecule has 0 aliphatic heterocycles. The summed E-state index contributed by atoms with van der Waals surface area (Å²) in [5.74, 6) is -1.08. The summed E-state index contributed by atoms with van der Waals surface area (Å²) in [6.45, 7) is 11.1. The van der Waals surface area contributed by atoms with Gasteiger partial charge < -0.3 is 9.90 Å². The van der Waals surface area contributed by atoms with E-state index in [0.717, 1.165) is 11.8 Å². The molecule has 0 radical (unpaired) electrons. The fourth-order valence-electron chi connectivity index (χ4n) is 2.83. The Kier molecular flexibility index (Phi) is 12.2. The molecule has 3 aromatic rings. The van der Waals surface area contributed by atoms with Gasteiger partial charge in [-0.15, -0.1) is 0 Å². The summed E-state index contributed by atoms with van der Waals surface area (Å²) in [5, 5.41) is 13.3. The van der Waals surface area contributed by atoms with E-state index >= 15 is 0 Å². The molecule has 160 valence electrons. The van der Waals surface area contributed by atoms with E-state index < -0.39 is 13.9 Å². The third kappa shape index (κ3) is 8.37. The molecular weight excluding hydrogens is 482 g/mol. The topological polar surface area (TPSA) is 40.1 Å². The Morgan fingerprint density at radius 1 is 0.833 bits per heavy atom. The second-order valence-corrected chi connectivity index (χ2v) is 9.36. The smallest absolute Gasteiger partial charge is 0.0383 e. The zero-order valence-corrected chi connectivity index (χ0v) is 20.4. The molecule has 3 rings (SSSR count). The Morgan fingerprint density at radius 2 is 1.07 bits per heavy atom. The van der Waals surface area contributed by atoms with Gasteiger partial charge in [0.25, 0.3) is 0 Å². The van der Waals surface area contributed by atoms with Crippen LogP contribution in [0.15, 0.2) is 85.5 Å². The minimum absolute atomic E-state index is 0.508. The Morgan fingerprint density at radius 3 is 1.27 bits per heavy atom. The van der Waals surface area contributed by atoms with Crippen LogP contribution in [-0.2, 0) is 24.0 Å². The summed E-state index contributed by atoms with van der Waals surface area (Å²) in [4.78, 5) is 9.82. The Hall–Kier alpha value is -2.04. The molecule has 3 aromatic carbocycles. The predicted octanol–water partition coefficient (Wildman–Crippen LogP) is 4.26. The van der Waals surface area contributed by atoms with Crippen LogP contribution in [0.25, 0.3) is 0 Å². The number of carboxylic acid groups (broad SMARTS) is 1. The molecule has 0 saturated carbocycles. The molecule has 0 N–H and O–H groups in total. The number of hydrogen-bond acceptors (Lipinski definition) is 2.